The number of halogens is 4. The molecular weight excluding hydrogens is 405 g/mol. The average molecular weight is 420 g/mol. The minimum atomic E-state index is -4.72. The summed E-state index contributed by atoms with van der Waals surface area (Å²) in [6, 6.07) is 3.27. The zero-order valence-corrected chi connectivity index (χ0v) is 15.3. The molecule has 1 aromatic carbocycles. The number of benzene rings is 1. The maximum atomic E-state index is 13.1. The Morgan fingerprint density at radius 1 is 1.44 bits per heavy atom. The van der Waals surface area contributed by atoms with Crippen molar-refractivity contribution in [3.8, 4) is 0 Å². The minimum Gasteiger partial charge on any atom is -0.772 e. The molecule has 25 heavy (non-hydrogen) atoms. The third-order valence-electron chi connectivity index (χ3n) is 4.38. The molecule has 1 fully saturated rings. The molecule has 4 atom stereocenters. The van der Waals surface area contributed by atoms with Gasteiger partial charge in [0.15, 0.2) is 15.4 Å². The van der Waals surface area contributed by atoms with Gasteiger partial charge in [-0.05, 0) is 37.5 Å². The van der Waals surface area contributed by atoms with Crippen molar-refractivity contribution in [3.63, 3.8) is 0 Å². The molecule has 0 N–H and O–H groups in total. The molecule has 1 aliphatic rings. The van der Waals surface area contributed by atoms with Crippen molar-refractivity contribution >= 4 is 32.5 Å². The topological polar surface area (TPSA) is 83.5 Å². The van der Waals surface area contributed by atoms with E-state index < -0.39 is 59.5 Å². The fraction of sp³-hybridized carbons (Fsp3) is 0.571. The Morgan fingerprint density at radius 3 is 2.64 bits per heavy atom. The Bertz CT molecular complexity index is 768. The molecular formula is C14H15ClF3O5S2-. The standard InChI is InChI=1S/C14H16ClF3O5S2/c1-13(10(8-24(19)20)5-6-23-12(13)15)25(21,22)11-4-2-3-9(7-11)14(16,17)18/h2-4,7,10,12H,5-6,8H2,1H3,(H,19,20)/p-1. The van der Waals surface area contributed by atoms with Crippen LogP contribution in [0.2, 0.25) is 0 Å². The van der Waals surface area contributed by atoms with Gasteiger partial charge >= 0.3 is 6.18 Å². The molecule has 0 saturated carbocycles. The second-order valence-electron chi connectivity index (χ2n) is 5.86. The first kappa shape index (κ1) is 20.6. The maximum Gasteiger partial charge on any atom is 0.416 e. The molecule has 0 radical (unpaired) electrons. The molecule has 0 bridgehead atoms. The van der Waals surface area contributed by atoms with Crippen molar-refractivity contribution in [2.24, 2.45) is 5.92 Å². The van der Waals surface area contributed by atoms with Gasteiger partial charge in [-0.1, -0.05) is 28.7 Å². The van der Waals surface area contributed by atoms with Gasteiger partial charge in [0.2, 0.25) is 0 Å². The second kappa shape index (κ2) is 7.15. The molecule has 0 aliphatic carbocycles. The Labute approximate surface area is 150 Å². The van der Waals surface area contributed by atoms with Crippen molar-refractivity contribution in [1.82, 2.24) is 0 Å². The van der Waals surface area contributed by atoms with E-state index in [0.29, 0.717) is 6.07 Å². The highest BCUT2D eigenvalue weighted by Gasteiger charge is 2.54. The lowest BCUT2D eigenvalue weighted by molar-refractivity contribution is -0.137. The van der Waals surface area contributed by atoms with Crippen molar-refractivity contribution in [2.45, 2.75) is 34.7 Å². The van der Waals surface area contributed by atoms with E-state index in [0.717, 1.165) is 18.2 Å². The first-order valence-corrected chi connectivity index (χ1v) is 10.3. The summed E-state index contributed by atoms with van der Waals surface area (Å²) >= 11 is 3.50. The fourth-order valence-electron chi connectivity index (χ4n) is 2.80. The Hall–Kier alpha value is -0.680. The molecule has 1 aromatic rings. The summed E-state index contributed by atoms with van der Waals surface area (Å²) in [5, 5.41) is 0. The predicted octanol–water partition coefficient (Wildman–Crippen LogP) is 2.72. The average Bonchev–Trinajstić information content (AvgIpc) is 2.50. The Kier molecular flexibility index (Phi) is 5.90. The number of hydrogen-bond donors (Lipinski definition) is 0. The SMILES string of the molecule is CC1(S(=O)(=O)c2cccc(C(F)(F)F)c2)C(CS(=O)[O-])CCOC1Cl. The zero-order valence-electron chi connectivity index (χ0n) is 13.0. The van der Waals surface area contributed by atoms with Gasteiger partial charge in [-0.3, -0.25) is 4.21 Å². The Morgan fingerprint density at radius 2 is 2.08 bits per heavy atom. The number of hydrogen-bond acceptors (Lipinski definition) is 5. The number of alkyl halides is 4. The highest BCUT2D eigenvalue weighted by Crippen LogP contribution is 2.44. The first-order valence-electron chi connectivity index (χ1n) is 7.14. The Balaban J connectivity index is 2.56. The van der Waals surface area contributed by atoms with Crippen LogP contribution in [0.5, 0.6) is 0 Å². The summed E-state index contributed by atoms with van der Waals surface area (Å²) in [7, 11) is -4.42. The molecule has 0 aromatic heterocycles. The number of ether oxygens (including phenoxy) is 1. The highest BCUT2D eigenvalue weighted by atomic mass is 35.5. The van der Waals surface area contributed by atoms with E-state index in [9.17, 15) is 30.4 Å². The first-order chi connectivity index (χ1) is 11.4. The number of rotatable bonds is 4. The van der Waals surface area contributed by atoms with Crippen LogP contribution in [-0.2, 0) is 31.8 Å². The summed E-state index contributed by atoms with van der Waals surface area (Å²) in [5.74, 6) is -1.40. The number of sulfone groups is 1. The predicted molar refractivity (Wildman–Crippen MR) is 84.5 cm³/mol. The third kappa shape index (κ3) is 3.87. The van der Waals surface area contributed by atoms with E-state index in [1.54, 1.807) is 0 Å². The van der Waals surface area contributed by atoms with Crippen molar-refractivity contribution < 1.29 is 35.1 Å². The zero-order chi connectivity index (χ0) is 19.0. The molecule has 1 aliphatic heterocycles. The van der Waals surface area contributed by atoms with Crippen LogP contribution < -0.4 is 0 Å². The lowest BCUT2D eigenvalue weighted by Gasteiger charge is -2.44. The van der Waals surface area contributed by atoms with Crippen LogP contribution in [0.15, 0.2) is 29.2 Å². The van der Waals surface area contributed by atoms with Gasteiger partial charge in [-0.25, -0.2) is 8.42 Å². The molecule has 0 spiro atoms. The summed E-state index contributed by atoms with van der Waals surface area (Å²) in [6.45, 7) is 1.26. The fourth-order valence-corrected chi connectivity index (χ4v) is 6.36. The van der Waals surface area contributed by atoms with Gasteiger partial charge in [0, 0.05) is 12.4 Å². The molecule has 1 saturated heterocycles. The molecule has 4 unspecified atom stereocenters. The van der Waals surface area contributed by atoms with E-state index in [-0.39, 0.29) is 13.0 Å². The largest absolute Gasteiger partial charge is 0.772 e. The van der Waals surface area contributed by atoms with Gasteiger partial charge in [0.1, 0.15) is 4.75 Å². The van der Waals surface area contributed by atoms with E-state index >= 15 is 0 Å². The highest BCUT2D eigenvalue weighted by molar-refractivity contribution is 7.93. The monoisotopic (exact) mass is 419 g/mol. The van der Waals surface area contributed by atoms with Gasteiger partial charge in [0.25, 0.3) is 0 Å². The van der Waals surface area contributed by atoms with Crippen molar-refractivity contribution in [1.29, 1.82) is 0 Å². The van der Waals surface area contributed by atoms with Gasteiger partial charge < -0.3 is 9.29 Å². The second-order valence-corrected chi connectivity index (χ2v) is 9.55. The molecule has 2 rings (SSSR count). The van der Waals surface area contributed by atoms with Crippen LogP contribution in [0.3, 0.4) is 0 Å². The van der Waals surface area contributed by atoms with Crippen LogP contribution in [0, 0.1) is 5.92 Å². The molecule has 142 valence electrons. The van der Waals surface area contributed by atoms with E-state index in [2.05, 4.69) is 0 Å². The normalized spacial score (nSPS) is 29.4. The lowest BCUT2D eigenvalue weighted by atomic mass is 9.90. The van der Waals surface area contributed by atoms with Gasteiger partial charge in [-0.15, -0.1) is 0 Å². The smallest absolute Gasteiger partial charge is 0.416 e. The van der Waals surface area contributed by atoms with Gasteiger partial charge in [-0.2, -0.15) is 13.2 Å². The van der Waals surface area contributed by atoms with Crippen LogP contribution in [0.1, 0.15) is 18.9 Å². The minimum absolute atomic E-state index is 0.0593. The summed E-state index contributed by atoms with van der Waals surface area (Å²) in [4.78, 5) is -0.581. The van der Waals surface area contributed by atoms with Crippen LogP contribution in [0.4, 0.5) is 13.2 Å². The summed E-state index contributed by atoms with van der Waals surface area (Å²) < 4.78 is 90.2. The van der Waals surface area contributed by atoms with Crippen LogP contribution in [-0.4, -0.2) is 39.8 Å². The molecule has 5 nitrogen and oxygen atoms in total. The van der Waals surface area contributed by atoms with E-state index in [1.165, 1.54) is 6.92 Å². The molecule has 0 amide bonds. The third-order valence-corrected chi connectivity index (χ3v) is 8.34. The van der Waals surface area contributed by atoms with Crippen LogP contribution in [0.25, 0.3) is 0 Å². The summed E-state index contributed by atoms with van der Waals surface area (Å²) in [6.07, 6.45) is -4.61. The van der Waals surface area contributed by atoms with Gasteiger partial charge in [0.05, 0.1) is 10.5 Å². The van der Waals surface area contributed by atoms with E-state index in [1.807, 2.05) is 0 Å². The lowest BCUT2D eigenvalue weighted by Crippen LogP contribution is -2.56. The molecule has 11 heteroatoms. The van der Waals surface area contributed by atoms with Crippen molar-refractivity contribution in [3.05, 3.63) is 29.8 Å². The quantitative estimate of drug-likeness (QED) is 0.553. The van der Waals surface area contributed by atoms with Crippen molar-refractivity contribution in [2.75, 3.05) is 12.4 Å². The summed E-state index contributed by atoms with van der Waals surface area (Å²) in [5.41, 5.74) is -2.52. The van der Waals surface area contributed by atoms with E-state index in [4.69, 9.17) is 16.3 Å². The molecule has 1 heterocycles. The van der Waals surface area contributed by atoms with Crippen LogP contribution >= 0.6 is 11.6 Å². The maximum absolute atomic E-state index is 13.1.